The zero-order valence-corrected chi connectivity index (χ0v) is 21.5. The molecule has 1 aromatic heterocycles. The van der Waals surface area contributed by atoms with Crippen molar-refractivity contribution in [3.63, 3.8) is 0 Å². The van der Waals surface area contributed by atoms with Gasteiger partial charge in [0, 0.05) is 55.8 Å². The number of halogens is 1. The summed E-state index contributed by atoms with van der Waals surface area (Å²) >= 11 is 0. The van der Waals surface area contributed by atoms with Gasteiger partial charge in [-0.3, -0.25) is 4.90 Å². The summed E-state index contributed by atoms with van der Waals surface area (Å²) in [5.41, 5.74) is 5.33. The molecular formula is C31H31FN4O2. The maximum atomic E-state index is 15.1. The van der Waals surface area contributed by atoms with Crippen LogP contribution in [0.5, 0.6) is 0 Å². The minimum absolute atomic E-state index is 0.214. The fourth-order valence-corrected chi connectivity index (χ4v) is 5.10. The summed E-state index contributed by atoms with van der Waals surface area (Å²) < 4.78 is 28.5. The number of allylic oxidation sites excluding steroid dienone is 1. The SMILES string of the molecule is CN1CCN(Cc2cnn(-c3ccc(C4=C(Cc5ccccc5)OCO4)cc3)c2-c2ccccc2F)CC1. The third kappa shape index (κ3) is 5.08. The lowest BCUT2D eigenvalue weighted by Crippen LogP contribution is -2.43. The van der Waals surface area contributed by atoms with E-state index in [1.165, 1.54) is 11.6 Å². The maximum Gasteiger partial charge on any atom is 0.230 e. The van der Waals surface area contributed by atoms with Crippen molar-refractivity contribution in [1.29, 1.82) is 0 Å². The van der Waals surface area contributed by atoms with E-state index in [0.717, 1.165) is 66.8 Å². The molecule has 7 heteroatoms. The lowest BCUT2D eigenvalue weighted by atomic mass is 10.1. The van der Waals surface area contributed by atoms with Crippen LogP contribution in [0.2, 0.25) is 0 Å². The Hall–Kier alpha value is -3.94. The fraction of sp³-hybridized carbons (Fsp3) is 0.258. The Labute approximate surface area is 222 Å². The number of likely N-dealkylation sites (N-methyl/N-ethyl adjacent to an activating group) is 1. The molecule has 0 aliphatic carbocycles. The summed E-state index contributed by atoms with van der Waals surface area (Å²) in [6.07, 6.45) is 2.55. The molecule has 2 aliphatic heterocycles. The second-order valence-electron chi connectivity index (χ2n) is 9.86. The molecule has 0 spiro atoms. The van der Waals surface area contributed by atoms with Gasteiger partial charge in [-0.25, -0.2) is 9.07 Å². The van der Waals surface area contributed by atoms with Crippen molar-refractivity contribution in [3.05, 3.63) is 113 Å². The fourth-order valence-electron chi connectivity index (χ4n) is 5.10. The van der Waals surface area contributed by atoms with Crippen LogP contribution in [-0.2, 0) is 22.4 Å². The van der Waals surface area contributed by atoms with Crippen LogP contribution in [0.15, 0.2) is 90.8 Å². The minimum atomic E-state index is -0.252. The molecule has 6 nitrogen and oxygen atoms in total. The van der Waals surface area contributed by atoms with Crippen molar-refractivity contribution >= 4 is 5.76 Å². The summed E-state index contributed by atoms with van der Waals surface area (Å²) in [6, 6.07) is 25.2. The van der Waals surface area contributed by atoms with Crippen LogP contribution >= 0.6 is 0 Å². The van der Waals surface area contributed by atoms with Gasteiger partial charge in [0.15, 0.2) is 5.76 Å². The molecule has 1 saturated heterocycles. The first-order valence-electron chi connectivity index (χ1n) is 13.0. The van der Waals surface area contributed by atoms with E-state index in [0.29, 0.717) is 12.0 Å². The van der Waals surface area contributed by atoms with Gasteiger partial charge in [0.05, 0.1) is 17.6 Å². The van der Waals surface area contributed by atoms with Crippen molar-refractivity contribution in [2.75, 3.05) is 40.0 Å². The predicted molar refractivity (Wildman–Crippen MR) is 146 cm³/mol. The van der Waals surface area contributed by atoms with E-state index in [1.807, 2.05) is 65.5 Å². The Bertz CT molecular complexity index is 1420. The first-order chi connectivity index (χ1) is 18.7. The zero-order chi connectivity index (χ0) is 25.9. The van der Waals surface area contributed by atoms with Crippen molar-refractivity contribution in [2.45, 2.75) is 13.0 Å². The molecule has 0 amide bonds. The molecule has 0 unspecified atom stereocenters. The van der Waals surface area contributed by atoms with Gasteiger partial charge in [-0.15, -0.1) is 0 Å². The van der Waals surface area contributed by atoms with Gasteiger partial charge < -0.3 is 14.4 Å². The van der Waals surface area contributed by atoms with Crippen LogP contribution in [-0.4, -0.2) is 59.6 Å². The number of aromatic nitrogens is 2. The van der Waals surface area contributed by atoms with Gasteiger partial charge in [0.25, 0.3) is 0 Å². The molecule has 38 heavy (non-hydrogen) atoms. The topological polar surface area (TPSA) is 42.8 Å². The van der Waals surface area contributed by atoms with Crippen molar-refractivity contribution in [1.82, 2.24) is 19.6 Å². The second kappa shape index (κ2) is 10.8. The average molecular weight is 511 g/mol. The molecule has 2 aliphatic rings. The Kier molecular flexibility index (Phi) is 6.94. The van der Waals surface area contributed by atoms with E-state index in [2.05, 4.69) is 29.0 Å². The quantitative estimate of drug-likeness (QED) is 0.336. The van der Waals surface area contributed by atoms with Crippen molar-refractivity contribution in [2.24, 2.45) is 0 Å². The number of hydrogen-bond donors (Lipinski definition) is 0. The molecule has 0 saturated carbocycles. The van der Waals surface area contributed by atoms with Gasteiger partial charge in [0.1, 0.15) is 11.6 Å². The molecule has 3 aromatic carbocycles. The summed E-state index contributed by atoms with van der Waals surface area (Å²) in [5.74, 6) is 1.33. The van der Waals surface area contributed by atoms with Gasteiger partial charge in [-0.1, -0.05) is 42.5 Å². The van der Waals surface area contributed by atoms with Crippen LogP contribution < -0.4 is 0 Å². The molecular weight excluding hydrogens is 479 g/mol. The van der Waals surface area contributed by atoms with Crippen LogP contribution in [0.4, 0.5) is 4.39 Å². The van der Waals surface area contributed by atoms with Gasteiger partial charge in [0.2, 0.25) is 6.79 Å². The second-order valence-corrected chi connectivity index (χ2v) is 9.86. The Morgan fingerprint density at radius 3 is 2.34 bits per heavy atom. The predicted octanol–water partition coefficient (Wildman–Crippen LogP) is 5.34. The lowest BCUT2D eigenvalue weighted by Gasteiger charge is -2.32. The zero-order valence-electron chi connectivity index (χ0n) is 21.5. The maximum absolute atomic E-state index is 15.1. The van der Waals surface area contributed by atoms with E-state index >= 15 is 4.39 Å². The minimum Gasteiger partial charge on any atom is -0.458 e. The van der Waals surface area contributed by atoms with E-state index in [-0.39, 0.29) is 12.6 Å². The molecule has 0 radical (unpaired) electrons. The van der Waals surface area contributed by atoms with E-state index < -0.39 is 0 Å². The van der Waals surface area contributed by atoms with Gasteiger partial charge in [-0.05, 0) is 49.0 Å². The van der Waals surface area contributed by atoms with Crippen LogP contribution in [0, 0.1) is 5.82 Å². The molecule has 0 N–H and O–H groups in total. The number of rotatable bonds is 7. The van der Waals surface area contributed by atoms with Crippen molar-refractivity contribution in [3.8, 4) is 16.9 Å². The average Bonchev–Trinajstić information content (AvgIpc) is 3.58. The monoisotopic (exact) mass is 510 g/mol. The van der Waals surface area contributed by atoms with E-state index in [1.54, 1.807) is 6.07 Å². The van der Waals surface area contributed by atoms with E-state index in [9.17, 15) is 0 Å². The highest BCUT2D eigenvalue weighted by molar-refractivity contribution is 5.68. The van der Waals surface area contributed by atoms with E-state index in [4.69, 9.17) is 14.6 Å². The highest BCUT2D eigenvalue weighted by Gasteiger charge is 2.23. The highest BCUT2D eigenvalue weighted by Crippen LogP contribution is 2.32. The summed E-state index contributed by atoms with van der Waals surface area (Å²) in [5, 5.41) is 4.73. The molecule has 0 atom stereocenters. The first-order valence-corrected chi connectivity index (χ1v) is 13.0. The largest absolute Gasteiger partial charge is 0.458 e. The molecule has 6 rings (SSSR count). The molecule has 1 fully saturated rings. The third-order valence-corrected chi connectivity index (χ3v) is 7.24. The summed E-state index contributed by atoms with van der Waals surface area (Å²) in [6.45, 7) is 4.96. The molecule has 3 heterocycles. The number of nitrogens with zero attached hydrogens (tertiary/aromatic N) is 4. The highest BCUT2D eigenvalue weighted by atomic mass is 19.1. The Morgan fingerprint density at radius 1 is 0.842 bits per heavy atom. The normalized spacial score (nSPS) is 16.5. The smallest absolute Gasteiger partial charge is 0.230 e. The molecule has 0 bridgehead atoms. The molecule has 194 valence electrons. The van der Waals surface area contributed by atoms with Gasteiger partial charge >= 0.3 is 0 Å². The first kappa shape index (κ1) is 24.4. The number of benzene rings is 3. The number of ether oxygens (including phenoxy) is 2. The Morgan fingerprint density at radius 2 is 1.58 bits per heavy atom. The standard InChI is InChI=1S/C31H31FN4O2/c1-34-15-17-35(18-16-34)21-25-20-33-36(30(25)27-9-5-6-10-28(27)32)26-13-11-24(12-14-26)31-29(37-22-38-31)19-23-7-3-2-4-8-23/h2-14,20H,15-19,21-22H2,1H3. The van der Waals surface area contributed by atoms with Crippen LogP contribution in [0.3, 0.4) is 0 Å². The summed E-state index contributed by atoms with van der Waals surface area (Å²) in [7, 11) is 2.15. The summed E-state index contributed by atoms with van der Waals surface area (Å²) in [4.78, 5) is 4.74. The lowest BCUT2D eigenvalue weighted by molar-refractivity contribution is 0.0857. The third-order valence-electron chi connectivity index (χ3n) is 7.24. The number of piperazine rings is 1. The van der Waals surface area contributed by atoms with Crippen molar-refractivity contribution < 1.29 is 13.9 Å². The van der Waals surface area contributed by atoms with Crippen LogP contribution in [0.25, 0.3) is 22.7 Å². The van der Waals surface area contributed by atoms with Crippen LogP contribution in [0.1, 0.15) is 16.7 Å². The Balaban J connectivity index is 1.32. The molecule has 4 aromatic rings. The van der Waals surface area contributed by atoms with Gasteiger partial charge in [-0.2, -0.15) is 5.10 Å². The number of hydrogen-bond acceptors (Lipinski definition) is 5.